The van der Waals surface area contributed by atoms with Gasteiger partial charge in [0.1, 0.15) is 0 Å². The van der Waals surface area contributed by atoms with Crippen molar-refractivity contribution < 1.29 is 8.42 Å². The highest BCUT2D eigenvalue weighted by Crippen LogP contribution is 2.10. The van der Waals surface area contributed by atoms with Crippen LogP contribution in [0.5, 0.6) is 0 Å². The topological polar surface area (TPSA) is 84.0 Å². The van der Waals surface area contributed by atoms with E-state index in [1.807, 2.05) is 13.8 Å². The second-order valence-corrected chi connectivity index (χ2v) is 6.42. The molecule has 1 fully saturated rings. The van der Waals surface area contributed by atoms with E-state index in [-0.39, 0.29) is 17.7 Å². The molecule has 1 saturated heterocycles. The third kappa shape index (κ3) is 3.64. The largest absolute Gasteiger partial charge is 0.313 e. The smallest absolute Gasteiger partial charge is 0.236 e. The Morgan fingerprint density at radius 1 is 1.39 bits per heavy atom. The van der Waals surface area contributed by atoms with Gasteiger partial charge in [-0.05, 0) is 39.3 Å². The maximum atomic E-state index is 11.9. The number of aromatic nitrogens is 2. The fourth-order valence-corrected chi connectivity index (χ4v) is 3.38. The van der Waals surface area contributed by atoms with Crippen LogP contribution in [-0.2, 0) is 10.0 Å². The van der Waals surface area contributed by atoms with Crippen molar-refractivity contribution in [2.75, 3.05) is 17.0 Å². The van der Waals surface area contributed by atoms with E-state index in [1.165, 1.54) is 0 Å². The summed E-state index contributed by atoms with van der Waals surface area (Å²) in [6.07, 6.45) is 1.93. The number of hydrogen-bond donors (Lipinski definition) is 2. The van der Waals surface area contributed by atoms with Crippen molar-refractivity contribution in [2.24, 2.45) is 0 Å². The molecule has 100 valence electrons. The normalized spacial score (nSPS) is 20.0. The highest BCUT2D eigenvalue weighted by Gasteiger charge is 2.22. The molecule has 1 aromatic rings. The zero-order chi connectivity index (χ0) is 13.2. The van der Waals surface area contributed by atoms with E-state index < -0.39 is 10.0 Å². The number of nitrogens with zero attached hydrogens (tertiary/aromatic N) is 2. The van der Waals surface area contributed by atoms with Gasteiger partial charge in [0.2, 0.25) is 16.0 Å². The van der Waals surface area contributed by atoms with Crippen LogP contribution < -0.4 is 10.0 Å². The molecule has 0 bridgehead atoms. The van der Waals surface area contributed by atoms with Crippen LogP contribution in [0.3, 0.4) is 0 Å². The van der Waals surface area contributed by atoms with E-state index in [4.69, 9.17) is 0 Å². The predicted molar refractivity (Wildman–Crippen MR) is 69.9 cm³/mol. The summed E-state index contributed by atoms with van der Waals surface area (Å²) < 4.78 is 26.3. The Hall–Kier alpha value is -1.21. The van der Waals surface area contributed by atoms with Crippen molar-refractivity contribution in [2.45, 2.75) is 32.7 Å². The molecule has 1 aliphatic heterocycles. The van der Waals surface area contributed by atoms with Gasteiger partial charge in [-0.1, -0.05) is 0 Å². The van der Waals surface area contributed by atoms with Gasteiger partial charge in [0, 0.05) is 17.4 Å². The second-order valence-electron chi connectivity index (χ2n) is 4.65. The lowest BCUT2D eigenvalue weighted by Gasteiger charge is -2.12. The molecule has 0 aliphatic carbocycles. The Morgan fingerprint density at radius 2 is 2.06 bits per heavy atom. The maximum absolute atomic E-state index is 11.9. The number of rotatable bonds is 4. The minimum atomic E-state index is -3.39. The predicted octanol–water partition coefficient (Wildman–Crippen LogP) is 0.587. The molecule has 2 N–H and O–H groups in total. The molecule has 1 aliphatic rings. The summed E-state index contributed by atoms with van der Waals surface area (Å²) in [4.78, 5) is 8.14. The van der Waals surface area contributed by atoms with Crippen LogP contribution in [0.2, 0.25) is 0 Å². The van der Waals surface area contributed by atoms with E-state index in [2.05, 4.69) is 20.0 Å². The monoisotopic (exact) mass is 270 g/mol. The van der Waals surface area contributed by atoms with Gasteiger partial charge >= 0.3 is 0 Å². The molecular weight excluding hydrogens is 252 g/mol. The minimum absolute atomic E-state index is 0.0356. The molecule has 1 aromatic heterocycles. The summed E-state index contributed by atoms with van der Waals surface area (Å²) in [5.74, 6) is 0.231. The lowest BCUT2D eigenvalue weighted by molar-refractivity contribution is 0.581. The summed E-state index contributed by atoms with van der Waals surface area (Å²) in [6.45, 7) is 4.51. The standard InChI is InChI=1S/C11H18N4O2S/c1-8-6-9(2)14-11(13-8)15-18(16,17)7-10-4-3-5-12-10/h6,10,12H,3-5,7H2,1-2H3,(H,13,14,15). The van der Waals surface area contributed by atoms with Gasteiger partial charge in [-0.15, -0.1) is 0 Å². The number of anilines is 1. The van der Waals surface area contributed by atoms with Crippen molar-refractivity contribution in [3.8, 4) is 0 Å². The van der Waals surface area contributed by atoms with Gasteiger partial charge in [0.05, 0.1) is 5.75 Å². The van der Waals surface area contributed by atoms with Crippen molar-refractivity contribution >= 4 is 16.0 Å². The third-order valence-electron chi connectivity index (χ3n) is 2.81. The summed E-state index contributed by atoms with van der Waals surface area (Å²) in [7, 11) is -3.39. The van der Waals surface area contributed by atoms with Gasteiger partial charge in [0.15, 0.2) is 0 Å². The van der Waals surface area contributed by atoms with Crippen LogP contribution in [-0.4, -0.2) is 36.7 Å². The molecule has 0 amide bonds. The first-order valence-corrected chi connectivity index (χ1v) is 7.66. The molecule has 1 unspecified atom stereocenters. The maximum Gasteiger partial charge on any atom is 0.236 e. The number of hydrogen-bond acceptors (Lipinski definition) is 5. The van der Waals surface area contributed by atoms with Gasteiger partial charge in [0.25, 0.3) is 0 Å². The third-order valence-corrected chi connectivity index (χ3v) is 4.15. The molecule has 7 heteroatoms. The Morgan fingerprint density at radius 3 is 2.61 bits per heavy atom. The van der Waals surface area contributed by atoms with Gasteiger partial charge < -0.3 is 5.32 Å². The molecular formula is C11H18N4O2S. The zero-order valence-corrected chi connectivity index (χ0v) is 11.4. The highest BCUT2D eigenvalue weighted by molar-refractivity contribution is 7.92. The Balaban J connectivity index is 2.06. The Bertz CT molecular complexity index is 504. The molecule has 1 atom stereocenters. The molecule has 2 rings (SSSR count). The van der Waals surface area contributed by atoms with Crippen molar-refractivity contribution in [1.82, 2.24) is 15.3 Å². The molecule has 0 radical (unpaired) electrons. The lowest BCUT2D eigenvalue weighted by Crippen LogP contribution is -2.33. The van der Waals surface area contributed by atoms with Gasteiger partial charge in [-0.25, -0.2) is 18.4 Å². The van der Waals surface area contributed by atoms with E-state index in [0.29, 0.717) is 0 Å². The number of nitrogens with one attached hydrogen (secondary N) is 2. The van der Waals surface area contributed by atoms with Crippen LogP contribution in [0.1, 0.15) is 24.2 Å². The van der Waals surface area contributed by atoms with Crippen LogP contribution in [0, 0.1) is 13.8 Å². The lowest BCUT2D eigenvalue weighted by atomic mass is 10.3. The van der Waals surface area contributed by atoms with Crippen LogP contribution in [0.4, 0.5) is 5.95 Å². The van der Waals surface area contributed by atoms with Crippen LogP contribution in [0.25, 0.3) is 0 Å². The Kier molecular flexibility index (Phi) is 3.82. The molecule has 0 aromatic carbocycles. The summed E-state index contributed by atoms with van der Waals surface area (Å²) in [5.41, 5.74) is 1.50. The average Bonchev–Trinajstić information content (AvgIpc) is 2.66. The first-order valence-electron chi connectivity index (χ1n) is 6.01. The number of sulfonamides is 1. The quantitative estimate of drug-likeness (QED) is 0.836. The molecule has 2 heterocycles. The first-order chi connectivity index (χ1) is 8.44. The van der Waals surface area contributed by atoms with Crippen molar-refractivity contribution in [3.05, 3.63) is 17.5 Å². The SMILES string of the molecule is Cc1cc(C)nc(NS(=O)(=O)CC2CCCN2)n1. The van der Waals surface area contributed by atoms with Gasteiger partial charge in [-0.3, -0.25) is 4.72 Å². The Labute approximate surface area is 107 Å². The zero-order valence-electron chi connectivity index (χ0n) is 10.6. The van der Waals surface area contributed by atoms with E-state index >= 15 is 0 Å². The second kappa shape index (κ2) is 5.19. The highest BCUT2D eigenvalue weighted by atomic mass is 32.2. The molecule has 18 heavy (non-hydrogen) atoms. The minimum Gasteiger partial charge on any atom is -0.313 e. The van der Waals surface area contributed by atoms with Gasteiger partial charge in [-0.2, -0.15) is 0 Å². The molecule has 0 spiro atoms. The van der Waals surface area contributed by atoms with E-state index in [1.54, 1.807) is 6.07 Å². The van der Waals surface area contributed by atoms with E-state index in [9.17, 15) is 8.42 Å². The van der Waals surface area contributed by atoms with Crippen LogP contribution >= 0.6 is 0 Å². The van der Waals surface area contributed by atoms with E-state index in [0.717, 1.165) is 30.8 Å². The average molecular weight is 270 g/mol. The molecule has 6 nitrogen and oxygen atoms in total. The fourth-order valence-electron chi connectivity index (χ4n) is 2.12. The fraction of sp³-hybridized carbons (Fsp3) is 0.636. The summed E-state index contributed by atoms with van der Waals surface area (Å²) in [5, 5.41) is 3.16. The number of aryl methyl sites for hydroxylation is 2. The first kappa shape index (κ1) is 13.2. The van der Waals surface area contributed by atoms with Crippen molar-refractivity contribution in [1.29, 1.82) is 0 Å². The summed E-state index contributed by atoms with van der Waals surface area (Å²) >= 11 is 0. The van der Waals surface area contributed by atoms with Crippen molar-refractivity contribution in [3.63, 3.8) is 0 Å². The van der Waals surface area contributed by atoms with Crippen LogP contribution in [0.15, 0.2) is 6.07 Å². The molecule has 0 saturated carbocycles. The summed E-state index contributed by atoms with van der Waals surface area (Å²) in [6, 6.07) is 1.84.